The Morgan fingerprint density at radius 3 is 1.27 bits per heavy atom. The number of carbonyl (C=O) groups is 6. The van der Waals surface area contributed by atoms with Crippen LogP contribution in [-0.4, -0.2) is 190 Å². The quantitative estimate of drug-likeness (QED) is 0.0354. The van der Waals surface area contributed by atoms with E-state index in [4.69, 9.17) is 53.2 Å². The highest BCUT2D eigenvalue weighted by atomic mass is 19.4. The number of hydrogen-bond donors (Lipinski definition) is 3. The maximum Gasteiger partial charge on any atom is 0.416 e. The molecule has 0 bridgehead atoms. The molecule has 33 heteroatoms. The number of rotatable bonds is 25. The molecule has 0 radical (unpaired) electrons. The van der Waals surface area contributed by atoms with E-state index in [1.165, 1.54) is 28.9 Å². The van der Waals surface area contributed by atoms with E-state index in [1.807, 2.05) is 137 Å². The first-order valence-corrected chi connectivity index (χ1v) is 43.4. The minimum atomic E-state index is -4.55. The second-order valence-corrected chi connectivity index (χ2v) is 34.3. The molecule has 11 aromatic rings. The van der Waals surface area contributed by atoms with Crippen LogP contribution in [0.5, 0.6) is 17.2 Å². The number of methoxy groups -OCH3 is 3. The third-order valence-electron chi connectivity index (χ3n) is 24.8. The van der Waals surface area contributed by atoms with Crippen LogP contribution < -0.4 is 28.9 Å². The first-order valence-electron chi connectivity index (χ1n) is 43.4. The number of carboxylic acid groups (broad SMARTS) is 3. The molecule has 0 spiro atoms. The van der Waals surface area contributed by atoms with Gasteiger partial charge in [-0.25, -0.2) is 61.5 Å². The molecule has 0 aliphatic carbocycles. The Hall–Kier alpha value is -14.4. The van der Waals surface area contributed by atoms with Crippen LogP contribution in [-0.2, 0) is 56.0 Å². The third-order valence-corrected chi connectivity index (χ3v) is 24.8. The predicted octanol–water partition coefficient (Wildman–Crippen LogP) is 20.0. The Kier molecular flexibility index (Phi) is 27.3. The van der Waals surface area contributed by atoms with Gasteiger partial charge in [-0.15, -0.1) is 0 Å². The number of ether oxygens (including phenoxy) is 7. The molecule has 8 aromatic carbocycles. The molecule has 0 saturated carbocycles. The number of amides is 3. The fraction of sp³-hybridized carbons (Fsp3) is 0.327. The molecule has 6 aliphatic heterocycles. The summed E-state index contributed by atoms with van der Waals surface area (Å²) in [6.45, 7) is 15.3. The highest BCUT2D eigenvalue weighted by Crippen LogP contribution is 2.47. The number of aromatic nitrogens is 4. The number of carbonyl (C=O) groups excluding carboxylic acids is 3. The van der Waals surface area contributed by atoms with Gasteiger partial charge in [-0.1, -0.05) is 102 Å². The maximum atomic E-state index is 13.8. The highest BCUT2D eigenvalue weighted by molar-refractivity contribution is 5.91. The van der Waals surface area contributed by atoms with Crippen LogP contribution in [0.4, 0.5) is 62.7 Å². The van der Waals surface area contributed by atoms with Crippen LogP contribution in [0.15, 0.2) is 188 Å². The van der Waals surface area contributed by atoms with Crippen LogP contribution >= 0.6 is 0 Å². The Labute approximate surface area is 768 Å². The minimum absolute atomic E-state index is 0.0244. The fourth-order valence-electron chi connectivity index (χ4n) is 17.7. The van der Waals surface area contributed by atoms with Crippen molar-refractivity contribution in [1.82, 2.24) is 34.6 Å². The summed E-state index contributed by atoms with van der Waals surface area (Å²) >= 11 is 0. The second kappa shape index (κ2) is 38.8. The maximum absolute atomic E-state index is 13.8. The van der Waals surface area contributed by atoms with Gasteiger partial charge < -0.3 is 63.2 Å². The monoisotopic (exact) mass is 1840 g/mol. The minimum Gasteiger partial charge on any atom is -0.496 e. The largest absolute Gasteiger partial charge is 0.496 e. The van der Waals surface area contributed by atoms with Gasteiger partial charge in [-0.3, -0.25) is 19.5 Å². The summed E-state index contributed by atoms with van der Waals surface area (Å²) in [5.74, 6) is -5.63. The van der Waals surface area contributed by atoms with Gasteiger partial charge in [0.05, 0.1) is 132 Å². The van der Waals surface area contributed by atoms with Gasteiger partial charge in [-0.05, 0) is 215 Å². The zero-order valence-electron chi connectivity index (χ0n) is 75.3. The SMILES string of the molecule is COc1ccc(-c2ccc(C(=O)O)cc2C)cc1-c1ccc(N2CC(F)(F)C2)nc1CN1C(=O)O[C@H](c2cccc(C)c2)[C@@H]1C.COc1ccc(-c2ccc(C(=O)O)cc2C)cc1-c1cnc(N2CCOCC2)nc1CN1C(=O)O[C@H](c2cc(C)cc(C(F)(F)F)c2)[C@@H]1C.COc1ccc(CCC(=O)O)cc1-c1ccc(N2CC(F)(F)C2)nc1CN1C(=O)O[C@H](c2cccc(C)c2)[C@@H]1C. The summed E-state index contributed by atoms with van der Waals surface area (Å²) in [5.41, 5.74) is 15.1. The van der Waals surface area contributed by atoms with Gasteiger partial charge in [0.2, 0.25) is 5.95 Å². The summed E-state index contributed by atoms with van der Waals surface area (Å²) in [6, 6.07) is 51.5. The average Bonchev–Trinajstić information content (AvgIpc) is 1.78. The van der Waals surface area contributed by atoms with Crippen LogP contribution in [0.3, 0.4) is 0 Å². The summed E-state index contributed by atoms with van der Waals surface area (Å²) < 4.78 is 136. The topological polar surface area (TPSA) is 299 Å². The van der Waals surface area contributed by atoms with E-state index >= 15 is 0 Å². The zero-order chi connectivity index (χ0) is 95.7. The van der Waals surface area contributed by atoms with Crippen LogP contribution in [0, 0.1) is 34.6 Å². The molecule has 6 atom stereocenters. The van der Waals surface area contributed by atoms with Crippen molar-refractivity contribution in [2.45, 2.75) is 142 Å². The molecule has 26 nitrogen and oxygen atoms in total. The lowest BCUT2D eigenvalue weighted by Crippen LogP contribution is -2.56. The Balaban J connectivity index is 0.000000154. The van der Waals surface area contributed by atoms with Crippen LogP contribution in [0.25, 0.3) is 55.6 Å². The van der Waals surface area contributed by atoms with Crippen LogP contribution in [0.1, 0.15) is 139 Å². The van der Waals surface area contributed by atoms with E-state index in [2.05, 4.69) is 4.98 Å². The molecule has 0 unspecified atom stereocenters. The number of nitrogens with zero attached hydrogens (tertiary/aromatic N) is 10. The number of aliphatic carboxylic acids is 1. The number of anilines is 3. The molecule has 6 fully saturated rings. The van der Waals surface area contributed by atoms with Crippen molar-refractivity contribution in [2.24, 2.45) is 0 Å². The van der Waals surface area contributed by atoms with E-state index in [-0.39, 0.29) is 54.8 Å². The molecule has 698 valence electrons. The molecule has 9 heterocycles. The molecule has 17 rings (SSSR count). The highest BCUT2D eigenvalue weighted by Gasteiger charge is 2.48. The van der Waals surface area contributed by atoms with E-state index in [0.717, 1.165) is 73.3 Å². The van der Waals surface area contributed by atoms with Gasteiger partial charge >= 0.3 is 42.4 Å². The Morgan fingerprint density at radius 1 is 0.448 bits per heavy atom. The normalized spacial score (nSPS) is 18.8. The lowest BCUT2D eigenvalue weighted by molar-refractivity contribution is -0.138. The standard InChI is InChI=1S/C36H35F3N4O6.C35H33F2N3O5.C30H31F2N3O5/c1-20-13-25(16-26(14-20)36(37,38)39)32-22(3)43(35(46)49-32)19-30-29(18-40-34(41-30)42-9-11-48-12-10-42)28-17-23(6-8-31(28)47-4)27-7-5-24(33(44)45)15-21(27)2;1-20-6-5-7-24(14-20)32-22(3)40(34(43)45-32)17-29-27(11-13-31(38-29)39-18-35(36,37)19-39)28-16-23(9-12-30(28)44-4)26-10-8-25(33(41)42)15-21(26)2;1-18-5-4-6-21(13-18)28-19(2)35(29(38)40-28)15-24-22(9-11-26(33-24)34-16-30(31,32)17-34)23-14-20(8-12-27(36)37)7-10-25(23)39-3/h5-8,13-18,22,32H,9-12,19H2,1-4H3,(H,44,45);5-16,22,32H,17-19H2,1-4H3,(H,41,42);4-7,9-11,13-14,19,28H,8,12,15-17H2,1-3H3,(H,36,37)/t2*22-,32-;19-,28-/m000/s1. The lowest BCUT2D eigenvalue weighted by Gasteiger charge is -2.39. The number of benzene rings is 8. The number of aryl methyl sites for hydroxylation is 6. The molecule has 6 saturated heterocycles. The van der Waals surface area contributed by atoms with Crippen molar-refractivity contribution in [2.75, 3.05) is 88.5 Å². The summed E-state index contributed by atoms with van der Waals surface area (Å²) in [7, 11) is 4.63. The first-order chi connectivity index (χ1) is 63.8. The van der Waals surface area contributed by atoms with Crippen LogP contribution in [0.2, 0.25) is 0 Å². The Bertz CT molecular complexity index is 6340. The zero-order valence-corrected chi connectivity index (χ0v) is 75.3. The van der Waals surface area contributed by atoms with E-state index < -0.39 is 110 Å². The summed E-state index contributed by atoms with van der Waals surface area (Å²) in [6.07, 6.45) is -6.13. The van der Waals surface area contributed by atoms with Gasteiger partial charge in [0.1, 0.15) is 47.2 Å². The van der Waals surface area contributed by atoms with Gasteiger partial charge in [0.15, 0.2) is 0 Å². The molecule has 134 heavy (non-hydrogen) atoms. The number of halogens is 7. The number of aromatic carboxylic acids is 2. The average molecular weight is 1840 g/mol. The van der Waals surface area contributed by atoms with E-state index in [0.29, 0.717) is 124 Å². The summed E-state index contributed by atoms with van der Waals surface area (Å²) in [5, 5.41) is 28.0. The number of carboxylic acids is 3. The molecular weight excluding hydrogens is 1740 g/mol. The van der Waals surface area contributed by atoms with Crippen molar-refractivity contribution in [3.63, 3.8) is 0 Å². The van der Waals surface area contributed by atoms with Gasteiger partial charge in [-0.2, -0.15) is 13.2 Å². The van der Waals surface area contributed by atoms with Crippen molar-refractivity contribution in [3.05, 3.63) is 272 Å². The molecule has 3 N–H and O–H groups in total. The van der Waals surface area contributed by atoms with Crippen molar-refractivity contribution in [3.8, 4) is 72.9 Å². The molecule has 6 aliphatic rings. The van der Waals surface area contributed by atoms with E-state index in [1.54, 1.807) is 116 Å². The molecular formula is C101H99F7N10O16. The fourth-order valence-corrected chi connectivity index (χ4v) is 17.7. The van der Waals surface area contributed by atoms with Gasteiger partial charge in [0, 0.05) is 59.1 Å². The predicted molar refractivity (Wildman–Crippen MR) is 485 cm³/mol. The Morgan fingerprint density at radius 2 is 0.858 bits per heavy atom. The number of cyclic esters (lactones) is 3. The molecule has 3 amide bonds. The van der Waals surface area contributed by atoms with Crippen molar-refractivity contribution < 1.29 is 108 Å². The molecule has 3 aromatic heterocycles. The number of hydrogen-bond acceptors (Lipinski definition) is 20. The lowest BCUT2D eigenvalue weighted by atomic mass is 9.93. The van der Waals surface area contributed by atoms with Crippen molar-refractivity contribution >= 4 is 53.8 Å². The summed E-state index contributed by atoms with van der Waals surface area (Å²) in [4.78, 5) is 103. The number of morpholine rings is 1. The second-order valence-electron chi connectivity index (χ2n) is 34.3. The number of alkyl halides is 7. The van der Waals surface area contributed by atoms with Crippen molar-refractivity contribution in [1.29, 1.82) is 0 Å². The van der Waals surface area contributed by atoms with E-state index in [9.17, 15) is 69.7 Å². The third kappa shape index (κ3) is 20.6. The van der Waals surface area contributed by atoms with Gasteiger partial charge in [0.25, 0.3) is 11.8 Å². The smallest absolute Gasteiger partial charge is 0.416 e. The number of pyridine rings is 2. The first kappa shape index (κ1) is 94.3.